The van der Waals surface area contributed by atoms with E-state index in [-0.39, 0.29) is 0 Å². The second-order valence-electron chi connectivity index (χ2n) is 3.44. The monoisotopic (exact) mass is 213 g/mol. The topological polar surface area (TPSA) is 51.8 Å². The van der Waals surface area contributed by atoms with Crippen LogP contribution < -0.4 is 5.73 Å². The van der Waals surface area contributed by atoms with Crippen LogP contribution in [-0.4, -0.2) is 16.7 Å². The molecule has 0 radical (unpaired) electrons. The number of rotatable bonds is 7. The molecule has 0 saturated carbocycles. The van der Waals surface area contributed by atoms with Crippen molar-refractivity contribution in [2.75, 3.05) is 6.54 Å². The molecule has 1 aromatic heterocycles. The van der Waals surface area contributed by atoms with Crippen LogP contribution in [0.2, 0.25) is 0 Å². The zero-order valence-corrected chi connectivity index (χ0v) is 9.65. The maximum Gasteiger partial charge on any atom is 0.117 e. The van der Waals surface area contributed by atoms with Crippen molar-refractivity contribution >= 4 is 11.3 Å². The van der Waals surface area contributed by atoms with Gasteiger partial charge >= 0.3 is 0 Å². The van der Waals surface area contributed by atoms with Crippen molar-refractivity contribution in [3.63, 3.8) is 0 Å². The fourth-order valence-corrected chi connectivity index (χ4v) is 2.20. The Morgan fingerprint density at radius 1 is 1.07 bits per heavy atom. The molecule has 0 bridgehead atoms. The van der Waals surface area contributed by atoms with Crippen molar-refractivity contribution in [3.8, 4) is 0 Å². The van der Waals surface area contributed by atoms with E-state index in [1.807, 2.05) is 0 Å². The largest absolute Gasteiger partial charge is 0.330 e. The Morgan fingerprint density at radius 2 is 1.71 bits per heavy atom. The van der Waals surface area contributed by atoms with Crippen LogP contribution in [0.3, 0.4) is 0 Å². The van der Waals surface area contributed by atoms with Gasteiger partial charge < -0.3 is 5.73 Å². The second-order valence-corrected chi connectivity index (χ2v) is 4.59. The highest BCUT2D eigenvalue weighted by molar-refractivity contribution is 7.11. The Labute approximate surface area is 89.7 Å². The maximum atomic E-state index is 5.44. The molecule has 0 amide bonds. The van der Waals surface area contributed by atoms with Gasteiger partial charge in [-0.25, -0.2) is 0 Å². The average molecular weight is 213 g/mol. The van der Waals surface area contributed by atoms with Gasteiger partial charge in [-0.15, -0.1) is 21.5 Å². The van der Waals surface area contributed by atoms with Crippen LogP contribution in [0.4, 0.5) is 0 Å². The lowest BCUT2D eigenvalue weighted by Crippen LogP contribution is -1.99. The lowest BCUT2D eigenvalue weighted by atomic mass is 10.2. The van der Waals surface area contributed by atoms with E-state index < -0.39 is 0 Å². The molecule has 0 unspecified atom stereocenters. The van der Waals surface area contributed by atoms with E-state index in [1.165, 1.54) is 24.3 Å². The number of hydrogen-bond donors (Lipinski definition) is 1. The predicted molar refractivity (Wildman–Crippen MR) is 60.5 cm³/mol. The summed E-state index contributed by atoms with van der Waals surface area (Å²) in [5.41, 5.74) is 5.44. The molecule has 0 aliphatic heterocycles. The van der Waals surface area contributed by atoms with Gasteiger partial charge in [0.05, 0.1) is 0 Å². The van der Waals surface area contributed by atoms with E-state index in [9.17, 15) is 0 Å². The molecular formula is C10H19N3S. The molecule has 3 nitrogen and oxygen atoms in total. The summed E-state index contributed by atoms with van der Waals surface area (Å²) in [7, 11) is 0. The summed E-state index contributed by atoms with van der Waals surface area (Å²) in [6.45, 7) is 2.96. The van der Waals surface area contributed by atoms with Crippen LogP contribution in [0, 0.1) is 0 Å². The predicted octanol–water partition coefficient (Wildman–Crippen LogP) is 2.16. The molecule has 0 spiro atoms. The number of nitrogens with two attached hydrogens (primary N) is 1. The minimum atomic E-state index is 0.741. The Kier molecular flexibility index (Phi) is 5.71. The molecular weight excluding hydrogens is 194 g/mol. The third-order valence-electron chi connectivity index (χ3n) is 2.10. The third-order valence-corrected chi connectivity index (χ3v) is 3.14. The van der Waals surface area contributed by atoms with Gasteiger partial charge in [-0.05, 0) is 19.4 Å². The zero-order chi connectivity index (χ0) is 10.2. The van der Waals surface area contributed by atoms with Crippen LogP contribution in [-0.2, 0) is 12.8 Å². The highest BCUT2D eigenvalue weighted by atomic mass is 32.1. The molecule has 0 aliphatic carbocycles. The Bertz CT molecular complexity index is 247. The summed E-state index contributed by atoms with van der Waals surface area (Å²) in [4.78, 5) is 0. The first-order valence-corrected chi connectivity index (χ1v) is 6.19. The first-order valence-electron chi connectivity index (χ1n) is 5.38. The number of aryl methyl sites for hydroxylation is 2. The fraction of sp³-hybridized carbons (Fsp3) is 0.800. The summed E-state index contributed by atoms with van der Waals surface area (Å²) in [5.74, 6) is 0. The normalized spacial score (nSPS) is 10.7. The van der Waals surface area contributed by atoms with E-state index >= 15 is 0 Å². The van der Waals surface area contributed by atoms with E-state index in [4.69, 9.17) is 5.73 Å². The third kappa shape index (κ3) is 4.15. The number of unbranched alkanes of at least 4 members (excludes halogenated alkanes) is 2. The summed E-state index contributed by atoms with van der Waals surface area (Å²) in [6.07, 6.45) is 6.89. The van der Waals surface area contributed by atoms with Crippen molar-refractivity contribution in [2.24, 2.45) is 5.73 Å². The van der Waals surface area contributed by atoms with Gasteiger partial charge in [0.15, 0.2) is 0 Å². The summed E-state index contributed by atoms with van der Waals surface area (Å²) >= 11 is 1.75. The molecule has 1 rings (SSSR count). The molecule has 1 aromatic rings. The Hall–Kier alpha value is -0.480. The molecule has 0 aliphatic rings. The molecule has 4 heteroatoms. The highest BCUT2D eigenvalue weighted by Crippen LogP contribution is 2.14. The van der Waals surface area contributed by atoms with Crippen molar-refractivity contribution < 1.29 is 0 Å². The maximum absolute atomic E-state index is 5.44. The van der Waals surface area contributed by atoms with E-state index in [1.54, 1.807) is 11.3 Å². The molecule has 0 aromatic carbocycles. The number of aromatic nitrogens is 2. The van der Waals surface area contributed by atoms with Crippen molar-refractivity contribution in [3.05, 3.63) is 10.0 Å². The molecule has 14 heavy (non-hydrogen) atoms. The van der Waals surface area contributed by atoms with Crippen molar-refractivity contribution in [1.82, 2.24) is 10.2 Å². The van der Waals surface area contributed by atoms with Gasteiger partial charge in [0.1, 0.15) is 10.0 Å². The number of hydrogen-bond acceptors (Lipinski definition) is 4. The van der Waals surface area contributed by atoms with Crippen molar-refractivity contribution in [2.45, 2.75) is 45.4 Å². The minimum absolute atomic E-state index is 0.741. The van der Waals surface area contributed by atoms with Gasteiger partial charge in [0, 0.05) is 12.8 Å². The quantitative estimate of drug-likeness (QED) is 0.706. The van der Waals surface area contributed by atoms with E-state index in [0.29, 0.717) is 0 Å². The summed E-state index contributed by atoms with van der Waals surface area (Å²) < 4.78 is 0. The number of nitrogens with zero attached hydrogens (tertiary/aromatic N) is 2. The first kappa shape index (κ1) is 11.6. The molecule has 2 N–H and O–H groups in total. The molecule has 0 atom stereocenters. The summed E-state index contributed by atoms with van der Waals surface area (Å²) in [5, 5.41) is 10.6. The van der Waals surface area contributed by atoms with E-state index in [2.05, 4.69) is 17.1 Å². The molecule has 0 fully saturated rings. The van der Waals surface area contributed by atoms with Crippen LogP contribution in [0.15, 0.2) is 0 Å². The highest BCUT2D eigenvalue weighted by Gasteiger charge is 2.02. The van der Waals surface area contributed by atoms with Crippen LogP contribution in [0.1, 0.15) is 42.6 Å². The SMILES string of the molecule is CCCCCc1nnc(CCCN)s1. The van der Waals surface area contributed by atoms with Crippen LogP contribution >= 0.6 is 11.3 Å². The molecule has 0 saturated heterocycles. The first-order chi connectivity index (χ1) is 6.86. The van der Waals surface area contributed by atoms with Crippen molar-refractivity contribution in [1.29, 1.82) is 0 Å². The van der Waals surface area contributed by atoms with Gasteiger partial charge in [0.25, 0.3) is 0 Å². The summed E-state index contributed by atoms with van der Waals surface area (Å²) in [6, 6.07) is 0. The minimum Gasteiger partial charge on any atom is -0.330 e. The van der Waals surface area contributed by atoms with Crippen LogP contribution in [0.25, 0.3) is 0 Å². The van der Waals surface area contributed by atoms with Gasteiger partial charge in [-0.2, -0.15) is 0 Å². The zero-order valence-electron chi connectivity index (χ0n) is 8.83. The van der Waals surface area contributed by atoms with E-state index in [0.717, 1.165) is 30.8 Å². The van der Waals surface area contributed by atoms with Gasteiger partial charge in [0.2, 0.25) is 0 Å². The standard InChI is InChI=1S/C10H19N3S/c1-2-3-4-6-9-12-13-10(14-9)7-5-8-11/h2-8,11H2,1H3. The lowest BCUT2D eigenvalue weighted by Gasteiger charge is -1.92. The Balaban J connectivity index is 2.27. The fourth-order valence-electron chi connectivity index (χ4n) is 1.27. The average Bonchev–Trinajstić information content (AvgIpc) is 2.63. The van der Waals surface area contributed by atoms with Gasteiger partial charge in [-0.3, -0.25) is 0 Å². The molecule has 80 valence electrons. The Morgan fingerprint density at radius 3 is 2.29 bits per heavy atom. The molecule has 1 heterocycles. The second kappa shape index (κ2) is 6.90. The smallest absolute Gasteiger partial charge is 0.117 e. The van der Waals surface area contributed by atoms with Gasteiger partial charge in [-0.1, -0.05) is 19.8 Å². The van der Waals surface area contributed by atoms with Crippen LogP contribution in [0.5, 0.6) is 0 Å². The lowest BCUT2D eigenvalue weighted by molar-refractivity contribution is 0.709.